The zero-order chi connectivity index (χ0) is 19.4. The fraction of sp³-hybridized carbons (Fsp3) is 0. The summed E-state index contributed by atoms with van der Waals surface area (Å²) in [4.78, 5) is 19.5. The molecule has 1 amide bonds. The Morgan fingerprint density at radius 2 is 1.48 bits per heavy atom. The summed E-state index contributed by atoms with van der Waals surface area (Å²) in [5, 5.41) is 2.31. The van der Waals surface area contributed by atoms with Crippen LogP contribution < -0.4 is 10.0 Å². The molecular weight excluding hydrogens is 378 g/mol. The summed E-state index contributed by atoms with van der Waals surface area (Å²) >= 11 is 0. The van der Waals surface area contributed by atoms with Crippen molar-refractivity contribution in [2.45, 2.75) is 4.90 Å². The van der Waals surface area contributed by atoms with Crippen LogP contribution in [0.15, 0.2) is 65.8 Å². The van der Waals surface area contributed by atoms with Crippen LogP contribution in [0.5, 0.6) is 0 Å². The van der Waals surface area contributed by atoms with E-state index in [2.05, 4.69) is 20.0 Å². The second-order valence-corrected chi connectivity index (χ2v) is 6.94. The SMILES string of the molecule is O=C(Nc1ccc(S(=O)(=O)Nc2ncccn2)cc1)c1c(F)cccc1F. The van der Waals surface area contributed by atoms with E-state index in [1.165, 1.54) is 42.7 Å². The molecule has 0 unspecified atom stereocenters. The number of benzene rings is 2. The molecule has 0 spiro atoms. The Kier molecular flexibility index (Phi) is 5.08. The number of carbonyl (C=O) groups is 1. The molecule has 0 radical (unpaired) electrons. The minimum absolute atomic E-state index is 0.0927. The summed E-state index contributed by atoms with van der Waals surface area (Å²) in [6.45, 7) is 0. The lowest BCUT2D eigenvalue weighted by atomic mass is 10.2. The average molecular weight is 390 g/mol. The number of aromatic nitrogens is 2. The van der Waals surface area contributed by atoms with Crippen molar-refractivity contribution in [1.29, 1.82) is 0 Å². The highest BCUT2D eigenvalue weighted by atomic mass is 32.2. The Morgan fingerprint density at radius 3 is 2.07 bits per heavy atom. The Hall–Kier alpha value is -3.40. The normalized spacial score (nSPS) is 11.0. The van der Waals surface area contributed by atoms with E-state index in [9.17, 15) is 22.0 Å². The van der Waals surface area contributed by atoms with Crippen LogP contribution in [0.1, 0.15) is 10.4 Å². The topological polar surface area (TPSA) is 101 Å². The molecule has 27 heavy (non-hydrogen) atoms. The van der Waals surface area contributed by atoms with Crippen LogP contribution in [0.2, 0.25) is 0 Å². The second kappa shape index (κ2) is 7.46. The lowest BCUT2D eigenvalue weighted by Crippen LogP contribution is -2.17. The predicted octanol–water partition coefficient (Wildman–Crippen LogP) is 2.81. The summed E-state index contributed by atoms with van der Waals surface area (Å²) < 4.78 is 54.0. The zero-order valence-corrected chi connectivity index (χ0v) is 14.4. The van der Waals surface area contributed by atoms with Crippen molar-refractivity contribution >= 4 is 27.6 Å². The minimum atomic E-state index is -3.93. The third kappa shape index (κ3) is 4.23. The molecular formula is C17H12F2N4O3S. The van der Waals surface area contributed by atoms with Crippen molar-refractivity contribution < 1.29 is 22.0 Å². The molecule has 1 heterocycles. The Labute approximate surface area is 153 Å². The smallest absolute Gasteiger partial charge is 0.264 e. The summed E-state index contributed by atoms with van der Waals surface area (Å²) in [6.07, 6.45) is 2.76. The van der Waals surface area contributed by atoms with Crippen LogP contribution in [0.25, 0.3) is 0 Å². The number of carbonyl (C=O) groups excluding carboxylic acids is 1. The number of halogens is 2. The average Bonchev–Trinajstić information content (AvgIpc) is 2.62. The molecule has 0 aliphatic heterocycles. The van der Waals surface area contributed by atoms with E-state index in [0.717, 1.165) is 18.2 Å². The van der Waals surface area contributed by atoms with Crippen LogP contribution in [0.4, 0.5) is 20.4 Å². The fourth-order valence-electron chi connectivity index (χ4n) is 2.16. The molecule has 10 heteroatoms. The second-order valence-electron chi connectivity index (χ2n) is 5.25. The molecule has 0 atom stereocenters. The van der Waals surface area contributed by atoms with Crippen molar-refractivity contribution in [3.8, 4) is 0 Å². The maximum absolute atomic E-state index is 13.6. The maximum Gasteiger partial charge on any atom is 0.264 e. The Bertz CT molecular complexity index is 1050. The van der Waals surface area contributed by atoms with Gasteiger partial charge in [-0.1, -0.05) is 6.07 Å². The molecule has 0 aliphatic carbocycles. The molecule has 0 saturated carbocycles. The van der Waals surface area contributed by atoms with Crippen LogP contribution in [-0.2, 0) is 10.0 Å². The summed E-state index contributed by atoms with van der Waals surface area (Å²) in [7, 11) is -3.93. The van der Waals surface area contributed by atoms with Gasteiger partial charge in [-0.15, -0.1) is 0 Å². The van der Waals surface area contributed by atoms with Gasteiger partial charge in [0.1, 0.15) is 17.2 Å². The van der Waals surface area contributed by atoms with Gasteiger partial charge < -0.3 is 5.32 Å². The van der Waals surface area contributed by atoms with Gasteiger partial charge in [-0.25, -0.2) is 31.9 Å². The Morgan fingerprint density at radius 1 is 0.889 bits per heavy atom. The van der Waals surface area contributed by atoms with Crippen molar-refractivity contribution in [2.75, 3.05) is 10.0 Å². The van der Waals surface area contributed by atoms with E-state index in [1.807, 2.05) is 0 Å². The molecule has 1 aromatic heterocycles. The van der Waals surface area contributed by atoms with Gasteiger partial charge >= 0.3 is 0 Å². The van der Waals surface area contributed by atoms with E-state index >= 15 is 0 Å². The van der Waals surface area contributed by atoms with Gasteiger partial charge in [-0.3, -0.25) is 4.79 Å². The van der Waals surface area contributed by atoms with Crippen LogP contribution in [0.3, 0.4) is 0 Å². The highest BCUT2D eigenvalue weighted by Crippen LogP contribution is 2.18. The van der Waals surface area contributed by atoms with Gasteiger partial charge in [0.05, 0.1) is 4.90 Å². The lowest BCUT2D eigenvalue weighted by Gasteiger charge is -2.09. The lowest BCUT2D eigenvalue weighted by molar-refractivity contribution is 0.101. The first-order chi connectivity index (χ1) is 12.9. The van der Waals surface area contributed by atoms with Gasteiger partial charge in [0.15, 0.2) is 0 Å². The van der Waals surface area contributed by atoms with Gasteiger partial charge in [-0.2, -0.15) is 0 Å². The first kappa shape index (κ1) is 18.4. The molecule has 7 nitrogen and oxygen atoms in total. The first-order valence-corrected chi connectivity index (χ1v) is 9.00. The zero-order valence-electron chi connectivity index (χ0n) is 13.6. The molecule has 138 valence electrons. The van der Waals surface area contributed by atoms with Gasteiger partial charge in [0.25, 0.3) is 15.9 Å². The van der Waals surface area contributed by atoms with Crippen molar-refractivity contribution in [3.63, 3.8) is 0 Å². The molecule has 3 aromatic rings. The van der Waals surface area contributed by atoms with Crippen molar-refractivity contribution in [2.24, 2.45) is 0 Å². The molecule has 2 aromatic carbocycles. The van der Waals surface area contributed by atoms with Crippen LogP contribution >= 0.6 is 0 Å². The van der Waals surface area contributed by atoms with Gasteiger partial charge in [-0.05, 0) is 42.5 Å². The number of hydrogen-bond acceptors (Lipinski definition) is 5. The molecule has 2 N–H and O–H groups in total. The van der Waals surface area contributed by atoms with E-state index in [1.54, 1.807) is 0 Å². The van der Waals surface area contributed by atoms with Crippen molar-refractivity contribution in [1.82, 2.24) is 9.97 Å². The largest absolute Gasteiger partial charge is 0.322 e. The van der Waals surface area contributed by atoms with E-state index in [-0.39, 0.29) is 16.5 Å². The van der Waals surface area contributed by atoms with E-state index in [0.29, 0.717) is 0 Å². The predicted molar refractivity (Wildman–Crippen MR) is 93.6 cm³/mol. The number of nitrogens with one attached hydrogen (secondary N) is 2. The number of nitrogens with zero attached hydrogens (tertiary/aromatic N) is 2. The molecule has 3 rings (SSSR count). The Balaban J connectivity index is 1.76. The highest BCUT2D eigenvalue weighted by Gasteiger charge is 2.18. The number of anilines is 2. The van der Waals surface area contributed by atoms with Gasteiger partial charge in [0, 0.05) is 18.1 Å². The summed E-state index contributed by atoms with van der Waals surface area (Å²) in [6, 6.07) is 9.62. The quantitative estimate of drug-likeness (QED) is 0.698. The van der Waals surface area contributed by atoms with E-state index in [4.69, 9.17) is 0 Å². The standard InChI is InChI=1S/C17H12F2N4O3S/c18-13-3-1-4-14(19)15(13)16(24)22-11-5-7-12(8-6-11)27(25,26)23-17-20-9-2-10-21-17/h1-10H,(H,22,24)(H,20,21,23). The third-order valence-corrected chi connectivity index (χ3v) is 4.75. The van der Waals surface area contributed by atoms with Gasteiger partial charge in [0.2, 0.25) is 5.95 Å². The molecule has 0 bridgehead atoms. The molecule has 0 fully saturated rings. The summed E-state index contributed by atoms with van der Waals surface area (Å²) in [5.41, 5.74) is -0.561. The number of sulfonamides is 1. The van der Waals surface area contributed by atoms with Crippen LogP contribution in [-0.4, -0.2) is 24.3 Å². The minimum Gasteiger partial charge on any atom is -0.322 e. The number of rotatable bonds is 5. The maximum atomic E-state index is 13.6. The number of amides is 1. The van der Waals surface area contributed by atoms with E-state index < -0.39 is 33.1 Å². The fourth-order valence-corrected chi connectivity index (χ4v) is 3.11. The first-order valence-electron chi connectivity index (χ1n) is 7.52. The molecule has 0 saturated heterocycles. The van der Waals surface area contributed by atoms with Crippen LogP contribution in [0, 0.1) is 11.6 Å². The third-order valence-electron chi connectivity index (χ3n) is 3.40. The monoisotopic (exact) mass is 390 g/mol. The number of hydrogen-bond donors (Lipinski definition) is 2. The van der Waals surface area contributed by atoms with Crippen molar-refractivity contribution in [3.05, 3.63) is 78.1 Å². The summed E-state index contributed by atoms with van der Waals surface area (Å²) in [5.74, 6) is -3.08. The molecule has 0 aliphatic rings. The highest BCUT2D eigenvalue weighted by molar-refractivity contribution is 7.92.